The van der Waals surface area contributed by atoms with Crippen LogP contribution in [0, 0.1) is 0 Å². The number of ether oxygens (including phenoxy) is 1. The van der Waals surface area contributed by atoms with Gasteiger partial charge >= 0.3 is 0 Å². The molecule has 64 valence electrons. The van der Waals surface area contributed by atoms with Crippen LogP contribution < -0.4 is 5.73 Å². The Balaban J connectivity index is 3.08. The fraction of sp³-hybridized carbons (Fsp3) is 0.143. The second-order valence-corrected chi connectivity index (χ2v) is 3.37. The van der Waals surface area contributed by atoms with E-state index in [1.807, 2.05) is 0 Å². The maximum atomic E-state index is 5.50. The molecule has 5 heteroatoms. The number of methoxy groups -OCH3 is 1. The zero-order chi connectivity index (χ0) is 9.14. The minimum atomic E-state index is 0.336. The number of anilines is 1. The van der Waals surface area contributed by atoms with Gasteiger partial charge in [-0.3, -0.25) is 0 Å². The monoisotopic (exact) mass is 246 g/mol. The second kappa shape index (κ2) is 3.82. The number of pyridine rings is 1. The fourth-order valence-corrected chi connectivity index (χ4v) is 1.28. The lowest BCUT2D eigenvalue weighted by molar-refractivity contribution is 0.414. The van der Waals surface area contributed by atoms with Crippen molar-refractivity contribution in [1.29, 1.82) is 0 Å². The molecule has 0 aliphatic rings. The first-order valence-electron chi connectivity index (χ1n) is 3.15. The molecule has 1 rings (SSSR count). The molecule has 0 spiro atoms. The Hall–Kier alpha value is -0.680. The zero-order valence-electron chi connectivity index (χ0n) is 6.37. The van der Waals surface area contributed by atoms with E-state index in [0.717, 1.165) is 4.47 Å². The predicted molar refractivity (Wildman–Crippen MR) is 55.1 cm³/mol. The molecule has 0 saturated heterocycles. The van der Waals surface area contributed by atoms with Gasteiger partial charge in [0.2, 0.25) is 5.05 Å². The third-order valence-electron chi connectivity index (χ3n) is 1.20. The number of nitrogen functional groups attached to an aromatic ring is 1. The summed E-state index contributed by atoms with van der Waals surface area (Å²) in [4.78, 5) is 3.99. The highest BCUT2D eigenvalue weighted by molar-refractivity contribution is 9.10. The van der Waals surface area contributed by atoms with Crippen LogP contribution >= 0.6 is 28.1 Å². The number of halogens is 1. The molecular weight excluding hydrogens is 240 g/mol. The molecule has 0 aromatic carbocycles. The van der Waals surface area contributed by atoms with E-state index in [0.29, 0.717) is 16.6 Å². The molecule has 1 aromatic heterocycles. The van der Waals surface area contributed by atoms with Gasteiger partial charge in [-0.15, -0.1) is 0 Å². The number of hydrogen-bond donors (Lipinski definition) is 1. The lowest BCUT2D eigenvalue weighted by Gasteiger charge is -2.02. The van der Waals surface area contributed by atoms with Gasteiger partial charge < -0.3 is 10.5 Å². The Morgan fingerprint density at radius 1 is 1.67 bits per heavy atom. The molecule has 0 amide bonds. The standard InChI is InChI=1S/C7H7BrN2OS/c1-11-7(12)5-2-4(8)3-6(9)10-5/h2-3H,1H3,(H2,9,10). The molecule has 0 unspecified atom stereocenters. The summed E-state index contributed by atoms with van der Waals surface area (Å²) < 4.78 is 5.68. The maximum absolute atomic E-state index is 5.50. The van der Waals surface area contributed by atoms with Crippen molar-refractivity contribution in [2.75, 3.05) is 12.8 Å². The molecule has 0 atom stereocenters. The second-order valence-electron chi connectivity index (χ2n) is 2.09. The predicted octanol–water partition coefficient (Wildman–Crippen LogP) is 1.75. The first-order valence-corrected chi connectivity index (χ1v) is 4.35. The molecule has 2 N–H and O–H groups in total. The SMILES string of the molecule is COC(=S)c1cc(Br)cc(N)n1. The third-order valence-corrected chi connectivity index (χ3v) is 2.04. The van der Waals surface area contributed by atoms with E-state index in [4.69, 9.17) is 22.7 Å². The quantitative estimate of drug-likeness (QED) is 0.768. The molecular formula is C7H7BrN2OS. The molecule has 3 nitrogen and oxygen atoms in total. The van der Waals surface area contributed by atoms with E-state index >= 15 is 0 Å². The van der Waals surface area contributed by atoms with Gasteiger partial charge in [0.15, 0.2) is 0 Å². The number of hydrogen-bond acceptors (Lipinski definition) is 4. The van der Waals surface area contributed by atoms with Crippen molar-refractivity contribution in [1.82, 2.24) is 4.98 Å². The minimum absolute atomic E-state index is 0.336. The lowest BCUT2D eigenvalue weighted by atomic mass is 10.3. The van der Waals surface area contributed by atoms with Crippen molar-refractivity contribution >= 4 is 39.0 Å². The van der Waals surface area contributed by atoms with Gasteiger partial charge in [-0.2, -0.15) is 0 Å². The van der Waals surface area contributed by atoms with Crippen molar-refractivity contribution in [3.05, 3.63) is 22.3 Å². The van der Waals surface area contributed by atoms with Gasteiger partial charge in [-0.1, -0.05) is 15.9 Å². The maximum Gasteiger partial charge on any atom is 0.210 e. The average molecular weight is 247 g/mol. The summed E-state index contributed by atoms with van der Waals surface area (Å²) in [6.07, 6.45) is 0. The Bertz CT molecular complexity index is 296. The van der Waals surface area contributed by atoms with Crippen molar-refractivity contribution < 1.29 is 4.74 Å². The van der Waals surface area contributed by atoms with Crippen LogP contribution in [-0.2, 0) is 4.74 Å². The summed E-state index contributed by atoms with van der Waals surface area (Å²) in [5.41, 5.74) is 6.06. The Kier molecular flexibility index (Phi) is 2.99. The van der Waals surface area contributed by atoms with Crippen LogP contribution in [0.4, 0.5) is 5.82 Å². The van der Waals surface area contributed by atoms with Gasteiger partial charge in [0.1, 0.15) is 11.5 Å². The largest absolute Gasteiger partial charge is 0.485 e. The highest BCUT2D eigenvalue weighted by Gasteiger charge is 2.03. The summed E-state index contributed by atoms with van der Waals surface area (Å²) in [7, 11) is 1.50. The molecule has 0 bridgehead atoms. The first kappa shape index (κ1) is 9.41. The first-order chi connectivity index (χ1) is 5.63. The smallest absolute Gasteiger partial charge is 0.210 e. The minimum Gasteiger partial charge on any atom is -0.485 e. The molecule has 1 aromatic rings. The topological polar surface area (TPSA) is 48.1 Å². The van der Waals surface area contributed by atoms with Gasteiger partial charge in [-0.05, 0) is 24.4 Å². The van der Waals surface area contributed by atoms with Crippen molar-refractivity contribution in [3.8, 4) is 0 Å². The van der Waals surface area contributed by atoms with Gasteiger partial charge in [-0.25, -0.2) is 4.98 Å². The van der Waals surface area contributed by atoms with Gasteiger partial charge in [0.05, 0.1) is 7.11 Å². The van der Waals surface area contributed by atoms with Crippen LogP contribution in [-0.4, -0.2) is 17.1 Å². The normalized spacial score (nSPS) is 9.50. The highest BCUT2D eigenvalue weighted by atomic mass is 79.9. The molecule has 0 saturated carbocycles. The van der Waals surface area contributed by atoms with E-state index < -0.39 is 0 Å². The van der Waals surface area contributed by atoms with E-state index in [9.17, 15) is 0 Å². The van der Waals surface area contributed by atoms with E-state index in [-0.39, 0.29) is 0 Å². The molecule has 12 heavy (non-hydrogen) atoms. The van der Waals surface area contributed by atoms with Gasteiger partial charge in [0.25, 0.3) is 0 Å². The number of aromatic nitrogens is 1. The van der Waals surface area contributed by atoms with E-state index in [1.165, 1.54) is 7.11 Å². The third kappa shape index (κ3) is 2.15. The highest BCUT2D eigenvalue weighted by Crippen LogP contribution is 2.14. The number of nitrogens with two attached hydrogens (primary N) is 1. The summed E-state index contributed by atoms with van der Waals surface area (Å²) in [6, 6.07) is 3.45. The Morgan fingerprint density at radius 3 is 2.83 bits per heavy atom. The van der Waals surface area contributed by atoms with Crippen molar-refractivity contribution in [3.63, 3.8) is 0 Å². The summed E-state index contributed by atoms with van der Waals surface area (Å²) >= 11 is 8.16. The lowest BCUT2D eigenvalue weighted by Crippen LogP contribution is -2.04. The van der Waals surface area contributed by atoms with Crippen LogP contribution in [0.5, 0.6) is 0 Å². The fourth-order valence-electron chi connectivity index (χ4n) is 0.726. The van der Waals surface area contributed by atoms with Crippen molar-refractivity contribution in [2.24, 2.45) is 0 Å². The van der Waals surface area contributed by atoms with Crippen LogP contribution in [0.15, 0.2) is 16.6 Å². The summed E-state index contributed by atoms with van der Waals surface area (Å²) in [5.74, 6) is 0.416. The van der Waals surface area contributed by atoms with Crippen LogP contribution in [0.3, 0.4) is 0 Å². The summed E-state index contributed by atoms with van der Waals surface area (Å²) in [5, 5.41) is 0.336. The molecule has 0 aliphatic heterocycles. The van der Waals surface area contributed by atoms with Crippen LogP contribution in [0.1, 0.15) is 5.69 Å². The molecule has 0 radical (unpaired) electrons. The van der Waals surface area contributed by atoms with E-state index in [1.54, 1.807) is 12.1 Å². The summed E-state index contributed by atoms with van der Waals surface area (Å²) in [6.45, 7) is 0. The Morgan fingerprint density at radius 2 is 2.33 bits per heavy atom. The number of rotatable bonds is 1. The number of nitrogens with zero attached hydrogens (tertiary/aromatic N) is 1. The molecule has 0 fully saturated rings. The Labute approximate surface area is 84.1 Å². The van der Waals surface area contributed by atoms with Crippen molar-refractivity contribution in [2.45, 2.75) is 0 Å². The zero-order valence-corrected chi connectivity index (χ0v) is 8.78. The van der Waals surface area contributed by atoms with Crippen LogP contribution in [0.2, 0.25) is 0 Å². The molecule has 0 aliphatic carbocycles. The van der Waals surface area contributed by atoms with Gasteiger partial charge in [0, 0.05) is 4.47 Å². The van der Waals surface area contributed by atoms with E-state index in [2.05, 4.69) is 20.9 Å². The van der Waals surface area contributed by atoms with Crippen LogP contribution in [0.25, 0.3) is 0 Å². The number of thiocarbonyl (C=S) groups is 1. The molecule has 1 heterocycles. The average Bonchev–Trinajstić information content (AvgIpc) is 2.01.